The average molecular weight is 332 g/mol. The summed E-state index contributed by atoms with van der Waals surface area (Å²) in [6.45, 7) is 0.317. The van der Waals surface area contributed by atoms with Crippen molar-refractivity contribution in [3.8, 4) is 0 Å². The maximum Gasteiger partial charge on any atom is 0.329 e. The molecule has 1 aliphatic heterocycles. The first kappa shape index (κ1) is 13.2. The van der Waals surface area contributed by atoms with Gasteiger partial charge in [0.1, 0.15) is 12.6 Å². The Morgan fingerprint density at radius 3 is 2.85 bits per heavy atom. The van der Waals surface area contributed by atoms with Gasteiger partial charge in [0.25, 0.3) is 0 Å². The molecule has 0 saturated carbocycles. The molecule has 102 valence electrons. The van der Waals surface area contributed by atoms with Crippen LogP contribution < -0.4 is 5.32 Å². The molecule has 1 atom stereocenters. The SMILES string of the molecule is O=C(OCc1ccccc1)C1Cc2cc(Br)ccc2N1. The first-order valence-corrected chi connectivity index (χ1v) is 7.27. The minimum Gasteiger partial charge on any atom is -0.459 e. The number of hydrogen-bond donors (Lipinski definition) is 1. The van der Waals surface area contributed by atoms with E-state index in [2.05, 4.69) is 21.2 Å². The van der Waals surface area contributed by atoms with Crippen molar-refractivity contribution in [2.45, 2.75) is 19.1 Å². The second-order valence-electron chi connectivity index (χ2n) is 4.80. The molecule has 1 N–H and O–H groups in total. The fourth-order valence-corrected chi connectivity index (χ4v) is 2.71. The summed E-state index contributed by atoms with van der Waals surface area (Å²) in [4.78, 5) is 12.1. The molecule has 0 radical (unpaired) electrons. The number of hydrogen-bond acceptors (Lipinski definition) is 3. The summed E-state index contributed by atoms with van der Waals surface area (Å²) in [5.74, 6) is -0.207. The first-order chi connectivity index (χ1) is 9.72. The van der Waals surface area contributed by atoms with Gasteiger partial charge in [0, 0.05) is 16.6 Å². The maximum absolute atomic E-state index is 12.1. The smallest absolute Gasteiger partial charge is 0.329 e. The number of anilines is 1. The van der Waals surface area contributed by atoms with Crippen LogP contribution in [-0.4, -0.2) is 12.0 Å². The van der Waals surface area contributed by atoms with Crippen molar-refractivity contribution < 1.29 is 9.53 Å². The predicted molar refractivity (Wildman–Crippen MR) is 81.5 cm³/mol. The standard InChI is InChI=1S/C16H14BrNO2/c17-13-6-7-14-12(8-13)9-15(18-14)16(19)20-10-11-4-2-1-3-5-11/h1-8,15,18H,9-10H2. The van der Waals surface area contributed by atoms with Crippen molar-refractivity contribution in [1.82, 2.24) is 0 Å². The summed E-state index contributed by atoms with van der Waals surface area (Å²) in [6, 6.07) is 15.4. The lowest BCUT2D eigenvalue weighted by atomic mass is 10.1. The molecule has 2 aromatic rings. The molecular weight excluding hydrogens is 318 g/mol. The molecule has 1 heterocycles. The van der Waals surface area contributed by atoms with E-state index in [9.17, 15) is 4.79 Å². The van der Waals surface area contributed by atoms with Crippen LogP contribution in [0, 0.1) is 0 Å². The summed E-state index contributed by atoms with van der Waals surface area (Å²) in [7, 11) is 0. The monoisotopic (exact) mass is 331 g/mol. The van der Waals surface area contributed by atoms with Gasteiger partial charge < -0.3 is 10.1 Å². The van der Waals surface area contributed by atoms with Gasteiger partial charge in [0.15, 0.2) is 0 Å². The number of nitrogens with one attached hydrogen (secondary N) is 1. The Bertz CT molecular complexity index is 628. The molecule has 1 aliphatic rings. The predicted octanol–water partition coefficient (Wildman–Crippen LogP) is 3.53. The Balaban J connectivity index is 1.60. The van der Waals surface area contributed by atoms with Crippen LogP contribution in [0.1, 0.15) is 11.1 Å². The number of halogens is 1. The van der Waals surface area contributed by atoms with Crippen LogP contribution in [-0.2, 0) is 22.6 Å². The van der Waals surface area contributed by atoms with E-state index in [1.54, 1.807) is 0 Å². The van der Waals surface area contributed by atoms with Gasteiger partial charge >= 0.3 is 5.97 Å². The third-order valence-electron chi connectivity index (χ3n) is 3.33. The number of carbonyl (C=O) groups is 1. The van der Waals surface area contributed by atoms with E-state index in [0.29, 0.717) is 13.0 Å². The van der Waals surface area contributed by atoms with E-state index in [-0.39, 0.29) is 12.0 Å². The van der Waals surface area contributed by atoms with Gasteiger partial charge in [-0.1, -0.05) is 46.3 Å². The van der Waals surface area contributed by atoms with Crippen molar-refractivity contribution in [1.29, 1.82) is 0 Å². The van der Waals surface area contributed by atoms with Crippen LogP contribution >= 0.6 is 15.9 Å². The highest BCUT2D eigenvalue weighted by Crippen LogP contribution is 2.29. The molecule has 0 aliphatic carbocycles. The summed E-state index contributed by atoms with van der Waals surface area (Å²) in [6.07, 6.45) is 0.669. The van der Waals surface area contributed by atoms with Gasteiger partial charge in [0.05, 0.1) is 0 Å². The Labute approximate surface area is 126 Å². The molecule has 2 aromatic carbocycles. The third-order valence-corrected chi connectivity index (χ3v) is 3.82. The van der Waals surface area contributed by atoms with Crippen LogP contribution in [0.15, 0.2) is 53.0 Å². The average Bonchev–Trinajstić information content (AvgIpc) is 2.89. The first-order valence-electron chi connectivity index (χ1n) is 6.48. The highest BCUT2D eigenvalue weighted by Gasteiger charge is 2.27. The quantitative estimate of drug-likeness (QED) is 0.874. The van der Waals surface area contributed by atoms with Crippen molar-refractivity contribution in [3.63, 3.8) is 0 Å². The van der Waals surface area contributed by atoms with Crippen LogP contribution in [0.4, 0.5) is 5.69 Å². The van der Waals surface area contributed by atoms with Gasteiger partial charge in [-0.3, -0.25) is 0 Å². The molecule has 3 rings (SSSR count). The van der Waals surface area contributed by atoms with Gasteiger partial charge in [-0.2, -0.15) is 0 Å². The number of fused-ring (bicyclic) bond motifs is 1. The highest BCUT2D eigenvalue weighted by molar-refractivity contribution is 9.10. The van der Waals surface area contributed by atoms with Gasteiger partial charge in [-0.15, -0.1) is 0 Å². The van der Waals surface area contributed by atoms with Crippen molar-refractivity contribution in [3.05, 3.63) is 64.1 Å². The minimum absolute atomic E-state index is 0.207. The molecule has 3 nitrogen and oxygen atoms in total. The summed E-state index contributed by atoms with van der Waals surface area (Å²) in [5, 5.41) is 3.20. The lowest BCUT2D eigenvalue weighted by Crippen LogP contribution is -2.28. The molecule has 0 aromatic heterocycles. The van der Waals surface area contributed by atoms with E-state index in [4.69, 9.17) is 4.74 Å². The molecule has 20 heavy (non-hydrogen) atoms. The normalized spacial score (nSPS) is 16.4. The number of rotatable bonds is 3. The lowest BCUT2D eigenvalue weighted by molar-refractivity contribution is -0.145. The zero-order valence-electron chi connectivity index (χ0n) is 10.8. The minimum atomic E-state index is -0.289. The summed E-state index contributed by atoms with van der Waals surface area (Å²) < 4.78 is 6.38. The van der Waals surface area contributed by atoms with Crippen molar-refractivity contribution in [2.75, 3.05) is 5.32 Å². The second-order valence-corrected chi connectivity index (χ2v) is 5.71. The Hall–Kier alpha value is -1.81. The summed E-state index contributed by atoms with van der Waals surface area (Å²) >= 11 is 3.44. The van der Waals surface area contributed by atoms with Gasteiger partial charge in [-0.25, -0.2) is 4.79 Å². The van der Waals surface area contributed by atoms with E-state index < -0.39 is 0 Å². The van der Waals surface area contributed by atoms with Crippen LogP contribution in [0.25, 0.3) is 0 Å². The molecular formula is C16H14BrNO2. The largest absolute Gasteiger partial charge is 0.459 e. The van der Waals surface area contributed by atoms with Gasteiger partial charge in [0.2, 0.25) is 0 Å². The van der Waals surface area contributed by atoms with Crippen molar-refractivity contribution in [2.24, 2.45) is 0 Å². The molecule has 0 saturated heterocycles. The third kappa shape index (κ3) is 2.85. The molecule has 1 unspecified atom stereocenters. The Kier molecular flexibility index (Phi) is 3.74. The summed E-state index contributed by atoms with van der Waals surface area (Å²) in [5.41, 5.74) is 3.15. The number of esters is 1. The zero-order valence-corrected chi connectivity index (χ0v) is 12.4. The number of benzene rings is 2. The molecule has 0 spiro atoms. The van der Waals surface area contributed by atoms with E-state index in [1.165, 1.54) is 0 Å². The molecule has 0 bridgehead atoms. The lowest BCUT2D eigenvalue weighted by Gasteiger charge is -2.11. The van der Waals surface area contributed by atoms with Crippen LogP contribution in [0.5, 0.6) is 0 Å². The fraction of sp³-hybridized carbons (Fsp3) is 0.188. The molecule has 0 amide bonds. The Morgan fingerprint density at radius 2 is 2.05 bits per heavy atom. The zero-order chi connectivity index (χ0) is 13.9. The second kappa shape index (κ2) is 5.67. The van der Waals surface area contributed by atoms with Crippen LogP contribution in [0.2, 0.25) is 0 Å². The fourth-order valence-electron chi connectivity index (χ4n) is 2.30. The molecule has 0 fully saturated rings. The van der Waals surface area contributed by atoms with E-state index in [1.807, 2.05) is 48.5 Å². The van der Waals surface area contributed by atoms with Gasteiger partial charge in [-0.05, 0) is 29.3 Å². The topological polar surface area (TPSA) is 38.3 Å². The molecule has 4 heteroatoms. The van der Waals surface area contributed by atoms with Crippen molar-refractivity contribution >= 4 is 27.6 Å². The Morgan fingerprint density at radius 1 is 1.25 bits per heavy atom. The van der Waals surface area contributed by atoms with Crippen LogP contribution in [0.3, 0.4) is 0 Å². The number of carbonyl (C=O) groups excluding carboxylic acids is 1. The maximum atomic E-state index is 12.1. The number of ether oxygens (including phenoxy) is 1. The highest BCUT2D eigenvalue weighted by atomic mass is 79.9. The van der Waals surface area contributed by atoms with E-state index >= 15 is 0 Å². The van der Waals surface area contributed by atoms with E-state index in [0.717, 1.165) is 21.3 Å².